The number of rotatable bonds is 1. The van der Waals surface area contributed by atoms with Gasteiger partial charge in [0.1, 0.15) is 5.75 Å². The maximum absolute atomic E-state index is 5.95. The Morgan fingerprint density at radius 2 is 2.46 bits per heavy atom. The zero-order valence-corrected chi connectivity index (χ0v) is 7.79. The van der Waals surface area contributed by atoms with Crippen molar-refractivity contribution in [3.8, 4) is 5.75 Å². The van der Waals surface area contributed by atoms with Crippen molar-refractivity contribution in [3.05, 3.63) is 23.5 Å². The smallest absolute Gasteiger partial charge is 0.125 e. The van der Waals surface area contributed by atoms with Gasteiger partial charge < -0.3 is 10.5 Å². The summed E-state index contributed by atoms with van der Waals surface area (Å²) in [5, 5.41) is 0. The quantitative estimate of drug-likeness (QED) is 0.707. The first-order chi connectivity index (χ1) is 6.33. The van der Waals surface area contributed by atoms with Crippen molar-refractivity contribution >= 4 is 0 Å². The van der Waals surface area contributed by atoms with Gasteiger partial charge in [-0.25, -0.2) is 0 Å². The number of ether oxygens (including phenoxy) is 1. The van der Waals surface area contributed by atoms with Gasteiger partial charge in [-0.3, -0.25) is 4.98 Å². The molecule has 13 heavy (non-hydrogen) atoms. The standard InChI is InChI=1S/C10H14N2O/c1-13-9-5-6-12-10-7(9)3-2-4-8(10)11/h5-6,8H,2-4,11H2,1H3. The van der Waals surface area contributed by atoms with E-state index in [1.807, 2.05) is 6.07 Å². The number of fused-ring (bicyclic) bond motifs is 1. The lowest BCUT2D eigenvalue weighted by Gasteiger charge is -2.22. The summed E-state index contributed by atoms with van der Waals surface area (Å²) in [6.07, 6.45) is 4.98. The van der Waals surface area contributed by atoms with E-state index in [-0.39, 0.29) is 6.04 Å². The molecule has 2 rings (SSSR count). The molecule has 1 aliphatic carbocycles. The maximum atomic E-state index is 5.95. The van der Waals surface area contributed by atoms with Gasteiger partial charge in [0.25, 0.3) is 0 Å². The summed E-state index contributed by atoms with van der Waals surface area (Å²) in [4.78, 5) is 4.30. The Morgan fingerprint density at radius 3 is 3.23 bits per heavy atom. The molecule has 1 aromatic heterocycles. The third kappa shape index (κ3) is 1.40. The van der Waals surface area contributed by atoms with Crippen molar-refractivity contribution in [2.24, 2.45) is 5.73 Å². The zero-order valence-electron chi connectivity index (χ0n) is 7.79. The van der Waals surface area contributed by atoms with Crippen molar-refractivity contribution in [3.63, 3.8) is 0 Å². The number of pyridine rings is 1. The normalized spacial score (nSPS) is 20.9. The van der Waals surface area contributed by atoms with Crippen LogP contribution in [0.1, 0.15) is 30.1 Å². The molecule has 3 heteroatoms. The van der Waals surface area contributed by atoms with Crippen LogP contribution in [0.4, 0.5) is 0 Å². The van der Waals surface area contributed by atoms with Crippen LogP contribution < -0.4 is 10.5 Å². The highest BCUT2D eigenvalue weighted by Gasteiger charge is 2.20. The van der Waals surface area contributed by atoms with Crippen molar-refractivity contribution < 1.29 is 4.74 Å². The van der Waals surface area contributed by atoms with Crippen LogP contribution in [0, 0.1) is 0 Å². The van der Waals surface area contributed by atoms with E-state index in [0.717, 1.165) is 30.7 Å². The van der Waals surface area contributed by atoms with E-state index in [0.29, 0.717) is 0 Å². The van der Waals surface area contributed by atoms with E-state index in [2.05, 4.69) is 4.98 Å². The predicted molar refractivity (Wildman–Crippen MR) is 50.7 cm³/mol. The molecular formula is C10H14N2O. The van der Waals surface area contributed by atoms with Crippen LogP contribution in [0.5, 0.6) is 5.75 Å². The third-order valence-corrected chi connectivity index (χ3v) is 2.56. The summed E-state index contributed by atoms with van der Waals surface area (Å²) < 4.78 is 5.27. The van der Waals surface area contributed by atoms with Crippen LogP contribution in [-0.2, 0) is 6.42 Å². The summed E-state index contributed by atoms with van der Waals surface area (Å²) in [7, 11) is 1.69. The minimum absolute atomic E-state index is 0.0962. The van der Waals surface area contributed by atoms with Crippen LogP contribution in [0.2, 0.25) is 0 Å². The second-order valence-corrected chi connectivity index (χ2v) is 3.38. The first-order valence-corrected chi connectivity index (χ1v) is 4.60. The molecule has 0 radical (unpaired) electrons. The average molecular weight is 178 g/mol. The summed E-state index contributed by atoms with van der Waals surface area (Å²) in [5.41, 5.74) is 8.17. The fraction of sp³-hybridized carbons (Fsp3) is 0.500. The van der Waals surface area contributed by atoms with E-state index in [4.69, 9.17) is 10.5 Å². The number of nitrogens with two attached hydrogens (primary N) is 1. The number of aromatic nitrogens is 1. The predicted octanol–water partition coefficient (Wildman–Crippen LogP) is 1.43. The first-order valence-electron chi connectivity index (χ1n) is 4.60. The summed E-state index contributed by atoms with van der Waals surface area (Å²) in [6, 6.07) is 2.00. The minimum atomic E-state index is 0.0962. The molecular weight excluding hydrogens is 164 g/mol. The Hall–Kier alpha value is -1.09. The van der Waals surface area contributed by atoms with Gasteiger partial charge in [-0.05, 0) is 25.3 Å². The average Bonchev–Trinajstić information content (AvgIpc) is 2.18. The highest BCUT2D eigenvalue weighted by atomic mass is 16.5. The minimum Gasteiger partial charge on any atom is -0.496 e. The van der Waals surface area contributed by atoms with Crippen LogP contribution in [0.3, 0.4) is 0 Å². The molecule has 0 fully saturated rings. The summed E-state index contributed by atoms with van der Waals surface area (Å²) in [6.45, 7) is 0. The van der Waals surface area contributed by atoms with E-state index in [9.17, 15) is 0 Å². The molecule has 0 aliphatic heterocycles. The fourth-order valence-corrected chi connectivity index (χ4v) is 1.89. The van der Waals surface area contributed by atoms with Crippen LogP contribution in [0.15, 0.2) is 12.3 Å². The largest absolute Gasteiger partial charge is 0.496 e. The van der Waals surface area contributed by atoms with E-state index in [1.54, 1.807) is 13.3 Å². The van der Waals surface area contributed by atoms with Gasteiger partial charge in [-0.2, -0.15) is 0 Å². The fourth-order valence-electron chi connectivity index (χ4n) is 1.89. The molecule has 0 amide bonds. The molecule has 1 aromatic rings. The molecule has 1 heterocycles. The number of methoxy groups -OCH3 is 1. The van der Waals surface area contributed by atoms with Crippen LogP contribution in [0.25, 0.3) is 0 Å². The topological polar surface area (TPSA) is 48.1 Å². The molecule has 1 atom stereocenters. The monoisotopic (exact) mass is 178 g/mol. The Bertz CT molecular complexity index is 312. The highest BCUT2D eigenvalue weighted by Crippen LogP contribution is 2.31. The van der Waals surface area contributed by atoms with Gasteiger partial charge >= 0.3 is 0 Å². The van der Waals surface area contributed by atoms with E-state index < -0.39 is 0 Å². The van der Waals surface area contributed by atoms with Crippen molar-refractivity contribution in [1.82, 2.24) is 4.98 Å². The van der Waals surface area contributed by atoms with Crippen molar-refractivity contribution in [1.29, 1.82) is 0 Å². The van der Waals surface area contributed by atoms with Gasteiger partial charge in [-0.1, -0.05) is 0 Å². The summed E-state index contributed by atoms with van der Waals surface area (Å²) in [5.74, 6) is 0.931. The van der Waals surface area contributed by atoms with Gasteiger partial charge in [0.15, 0.2) is 0 Å². The number of hydrogen-bond donors (Lipinski definition) is 1. The van der Waals surface area contributed by atoms with E-state index >= 15 is 0 Å². The van der Waals surface area contributed by atoms with Gasteiger partial charge in [0.05, 0.1) is 12.8 Å². The first kappa shape index (κ1) is 8.51. The summed E-state index contributed by atoms with van der Waals surface area (Å²) >= 11 is 0. The molecule has 0 bridgehead atoms. The molecule has 0 aromatic carbocycles. The molecule has 70 valence electrons. The Balaban J connectivity index is 2.48. The molecule has 1 unspecified atom stereocenters. The molecule has 0 spiro atoms. The Labute approximate surface area is 77.9 Å². The molecule has 3 nitrogen and oxygen atoms in total. The molecule has 1 aliphatic rings. The lowest BCUT2D eigenvalue weighted by molar-refractivity contribution is 0.401. The lowest BCUT2D eigenvalue weighted by Crippen LogP contribution is -2.19. The van der Waals surface area contributed by atoms with Crippen LogP contribution in [-0.4, -0.2) is 12.1 Å². The number of hydrogen-bond acceptors (Lipinski definition) is 3. The van der Waals surface area contributed by atoms with Gasteiger partial charge in [-0.15, -0.1) is 0 Å². The van der Waals surface area contributed by atoms with Crippen LogP contribution >= 0.6 is 0 Å². The molecule has 0 saturated heterocycles. The molecule has 2 N–H and O–H groups in total. The van der Waals surface area contributed by atoms with E-state index in [1.165, 1.54) is 5.56 Å². The third-order valence-electron chi connectivity index (χ3n) is 2.56. The Morgan fingerprint density at radius 1 is 1.62 bits per heavy atom. The second-order valence-electron chi connectivity index (χ2n) is 3.38. The van der Waals surface area contributed by atoms with Gasteiger partial charge in [0.2, 0.25) is 0 Å². The zero-order chi connectivity index (χ0) is 9.26. The maximum Gasteiger partial charge on any atom is 0.125 e. The SMILES string of the molecule is COc1ccnc2c1CCCC2N. The van der Waals surface area contributed by atoms with Crippen molar-refractivity contribution in [2.45, 2.75) is 25.3 Å². The Kier molecular flexibility index (Phi) is 2.19. The lowest BCUT2D eigenvalue weighted by atomic mass is 9.92. The molecule has 0 saturated carbocycles. The number of nitrogens with zero attached hydrogens (tertiary/aromatic N) is 1. The highest BCUT2D eigenvalue weighted by molar-refractivity contribution is 5.38. The van der Waals surface area contributed by atoms with Gasteiger partial charge in [0, 0.05) is 17.8 Å². The van der Waals surface area contributed by atoms with Crippen molar-refractivity contribution in [2.75, 3.05) is 7.11 Å². The second kappa shape index (κ2) is 3.34.